The third-order valence-electron chi connectivity index (χ3n) is 4.58. The zero-order valence-electron chi connectivity index (χ0n) is 12.8. The van der Waals surface area contributed by atoms with E-state index >= 15 is 0 Å². The minimum atomic E-state index is -0.913. The van der Waals surface area contributed by atoms with E-state index < -0.39 is 17.7 Å². The normalized spacial score (nSPS) is 24.3. The summed E-state index contributed by atoms with van der Waals surface area (Å²) in [5.74, 6) is -0.561. The maximum atomic E-state index is 13.2. The summed E-state index contributed by atoms with van der Waals surface area (Å²) in [4.78, 5) is 0. The highest BCUT2D eigenvalue weighted by molar-refractivity contribution is 5.20. The Kier molecular flexibility index (Phi) is 5.71. The first-order valence-electron chi connectivity index (χ1n) is 7.85. The Morgan fingerprint density at radius 3 is 2.57 bits per heavy atom. The fourth-order valence-electron chi connectivity index (χ4n) is 3.31. The van der Waals surface area contributed by atoms with Gasteiger partial charge in [0.2, 0.25) is 0 Å². The Morgan fingerprint density at radius 1 is 1.19 bits per heavy atom. The summed E-state index contributed by atoms with van der Waals surface area (Å²) in [5, 5.41) is 13.6. The van der Waals surface area contributed by atoms with Crippen LogP contribution in [0.3, 0.4) is 0 Å². The van der Waals surface area contributed by atoms with Crippen LogP contribution in [0.4, 0.5) is 8.78 Å². The summed E-state index contributed by atoms with van der Waals surface area (Å²) in [6, 6.07) is 3.97. The number of aliphatic hydroxyl groups is 1. The molecule has 0 amide bonds. The third-order valence-corrected chi connectivity index (χ3v) is 4.58. The number of halogens is 2. The van der Waals surface area contributed by atoms with Crippen LogP contribution in [0.15, 0.2) is 18.2 Å². The molecule has 2 N–H and O–H groups in total. The molecule has 1 aromatic rings. The van der Waals surface area contributed by atoms with Crippen LogP contribution in [-0.4, -0.2) is 17.7 Å². The van der Waals surface area contributed by atoms with Gasteiger partial charge < -0.3 is 10.4 Å². The van der Waals surface area contributed by atoms with Crippen molar-refractivity contribution in [2.75, 3.05) is 6.54 Å². The van der Waals surface area contributed by atoms with Gasteiger partial charge in [0.1, 0.15) is 0 Å². The Hall–Kier alpha value is -1.00. The average molecular weight is 297 g/mol. The van der Waals surface area contributed by atoms with Gasteiger partial charge in [0.15, 0.2) is 11.6 Å². The van der Waals surface area contributed by atoms with E-state index in [0.717, 1.165) is 18.6 Å². The summed E-state index contributed by atoms with van der Waals surface area (Å²) in [7, 11) is 0. The molecule has 0 bridgehead atoms. The van der Waals surface area contributed by atoms with Crippen LogP contribution in [0.5, 0.6) is 0 Å². The molecule has 1 fully saturated rings. The van der Waals surface area contributed by atoms with Gasteiger partial charge in [-0.2, -0.15) is 0 Å². The van der Waals surface area contributed by atoms with E-state index in [1.54, 1.807) is 0 Å². The van der Waals surface area contributed by atoms with E-state index in [2.05, 4.69) is 19.2 Å². The maximum absolute atomic E-state index is 13.2. The molecule has 0 aromatic heterocycles. The van der Waals surface area contributed by atoms with Crippen molar-refractivity contribution in [3.63, 3.8) is 0 Å². The molecule has 0 saturated heterocycles. The van der Waals surface area contributed by atoms with Crippen LogP contribution < -0.4 is 5.32 Å². The minimum Gasteiger partial charge on any atom is -0.387 e. The molecule has 1 saturated carbocycles. The molecule has 1 aliphatic rings. The second-order valence-corrected chi connectivity index (χ2v) is 6.40. The lowest BCUT2D eigenvalue weighted by Gasteiger charge is -2.35. The fraction of sp³-hybridized carbons (Fsp3) is 0.647. The Labute approximate surface area is 125 Å². The highest BCUT2D eigenvalue weighted by Gasteiger charge is 2.27. The van der Waals surface area contributed by atoms with Crippen molar-refractivity contribution in [1.29, 1.82) is 0 Å². The lowest BCUT2D eigenvalue weighted by atomic mass is 9.78. The lowest BCUT2D eigenvalue weighted by Crippen LogP contribution is -2.42. The summed E-state index contributed by atoms with van der Waals surface area (Å²) in [6.45, 7) is 4.84. The molecule has 2 nitrogen and oxygen atoms in total. The number of hydrogen-bond acceptors (Lipinski definition) is 2. The minimum absolute atomic E-state index is 0.374. The van der Waals surface area contributed by atoms with Crippen LogP contribution in [0.2, 0.25) is 0 Å². The van der Waals surface area contributed by atoms with Crippen molar-refractivity contribution in [3.05, 3.63) is 35.4 Å². The van der Waals surface area contributed by atoms with E-state index in [1.807, 2.05) is 0 Å². The van der Waals surface area contributed by atoms with Gasteiger partial charge in [-0.15, -0.1) is 0 Å². The van der Waals surface area contributed by atoms with E-state index in [0.29, 0.717) is 30.0 Å². The summed E-state index contributed by atoms with van der Waals surface area (Å²) in [6.07, 6.45) is 4.01. The van der Waals surface area contributed by atoms with Gasteiger partial charge in [0.05, 0.1) is 6.10 Å². The highest BCUT2D eigenvalue weighted by atomic mass is 19.2. The average Bonchev–Trinajstić information content (AvgIpc) is 2.47. The number of hydrogen-bond donors (Lipinski definition) is 2. The van der Waals surface area contributed by atoms with Crippen LogP contribution in [0, 0.1) is 23.5 Å². The van der Waals surface area contributed by atoms with Crippen LogP contribution >= 0.6 is 0 Å². The zero-order valence-corrected chi connectivity index (χ0v) is 12.8. The van der Waals surface area contributed by atoms with Crippen molar-refractivity contribution in [2.45, 2.75) is 51.7 Å². The monoisotopic (exact) mass is 297 g/mol. The number of benzene rings is 1. The number of aliphatic hydroxyl groups excluding tert-OH is 1. The molecule has 3 unspecified atom stereocenters. The van der Waals surface area contributed by atoms with Gasteiger partial charge in [-0.25, -0.2) is 8.78 Å². The molecule has 0 aliphatic heterocycles. The predicted octanol–water partition coefficient (Wildman–Crippen LogP) is 3.80. The summed E-state index contributed by atoms with van der Waals surface area (Å²) < 4.78 is 26.1. The molecular weight excluding hydrogens is 272 g/mol. The van der Waals surface area contributed by atoms with E-state index in [1.165, 1.54) is 25.3 Å². The maximum Gasteiger partial charge on any atom is 0.159 e. The smallest absolute Gasteiger partial charge is 0.159 e. The molecule has 1 aromatic carbocycles. The highest BCUT2D eigenvalue weighted by Crippen LogP contribution is 2.30. The molecule has 118 valence electrons. The standard InChI is InChI=1S/C17H25F2NO/c1-11(2)13-5-3-4-6-16(13)20-10-17(21)12-7-8-14(18)15(19)9-12/h7-9,11,13,16-17,20-21H,3-6,10H2,1-2H3. The molecule has 0 spiro atoms. The largest absolute Gasteiger partial charge is 0.387 e. The molecule has 4 heteroatoms. The van der Waals surface area contributed by atoms with Crippen molar-refractivity contribution >= 4 is 0 Å². The van der Waals surface area contributed by atoms with Crippen LogP contribution in [-0.2, 0) is 0 Å². The van der Waals surface area contributed by atoms with Gasteiger partial charge in [0.25, 0.3) is 0 Å². The van der Waals surface area contributed by atoms with Gasteiger partial charge in [0, 0.05) is 12.6 Å². The number of nitrogens with one attached hydrogen (secondary N) is 1. The molecule has 2 rings (SSSR count). The van der Waals surface area contributed by atoms with Crippen molar-refractivity contribution in [1.82, 2.24) is 5.32 Å². The first-order chi connectivity index (χ1) is 9.99. The first kappa shape index (κ1) is 16.4. The third kappa shape index (κ3) is 4.24. The van der Waals surface area contributed by atoms with Crippen LogP contribution in [0.1, 0.15) is 51.2 Å². The van der Waals surface area contributed by atoms with Gasteiger partial charge in [-0.3, -0.25) is 0 Å². The molecule has 21 heavy (non-hydrogen) atoms. The topological polar surface area (TPSA) is 32.3 Å². The Bertz CT molecular complexity index is 464. The number of rotatable bonds is 5. The quantitative estimate of drug-likeness (QED) is 0.866. The Morgan fingerprint density at radius 2 is 1.90 bits per heavy atom. The summed E-state index contributed by atoms with van der Waals surface area (Å²) in [5.41, 5.74) is 0.415. The summed E-state index contributed by atoms with van der Waals surface area (Å²) >= 11 is 0. The van der Waals surface area contributed by atoms with E-state index in [4.69, 9.17) is 0 Å². The van der Waals surface area contributed by atoms with Crippen molar-refractivity contribution in [3.8, 4) is 0 Å². The molecular formula is C17H25F2NO. The van der Waals surface area contributed by atoms with Gasteiger partial charge in [-0.1, -0.05) is 32.8 Å². The van der Waals surface area contributed by atoms with E-state index in [9.17, 15) is 13.9 Å². The Balaban J connectivity index is 1.93. The zero-order chi connectivity index (χ0) is 15.4. The molecule has 3 atom stereocenters. The molecule has 0 radical (unpaired) electrons. The predicted molar refractivity (Wildman–Crippen MR) is 79.9 cm³/mol. The second-order valence-electron chi connectivity index (χ2n) is 6.40. The van der Waals surface area contributed by atoms with Crippen molar-refractivity contribution in [2.24, 2.45) is 11.8 Å². The van der Waals surface area contributed by atoms with Gasteiger partial charge >= 0.3 is 0 Å². The lowest BCUT2D eigenvalue weighted by molar-refractivity contribution is 0.143. The van der Waals surface area contributed by atoms with E-state index in [-0.39, 0.29) is 0 Å². The second kappa shape index (κ2) is 7.32. The van der Waals surface area contributed by atoms with Gasteiger partial charge in [-0.05, 0) is 42.4 Å². The van der Waals surface area contributed by atoms with Crippen LogP contribution in [0.25, 0.3) is 0 Å². The molecule has 0 heterocycles. The molecule has 1 aliphatic carbocycles. The van der Waals surface area contributed by atoms with Crippen molar-refractivity contribution < 1.29 is 13.9 Å². The first-order valence-corrected chi connectivity index (χ1v) is 7.85. The SMILES string of the molecule is CC(C)C1CCCCC1NCC(O)c1ccc(F)c(F)c1. The fourth-order valence-corrected chi connectivity index (χ4v) is 3.31.